The number of para-hydroxylation sites is 1. The van der Waals surface area contributed by atoms with Gasteiger partial charge in [0.25, 0.3) is 0 Å². The van der Waals surface area contributed by atoms with E-state index in [4.69, 9.17) is 16.6 Å². The van der Waals surface area contributed by atoms with Crippen LogP contribution >= 0.6 is 28.1 Å². The number of hydrogen-bond acceptors (Lipinski definition) is 4. The van der Waals surface area contributed by atoms with E-state index in [1.165, 1.54) is 0 Å². The molecule has 0 aliphatic rings. The summed E-state index contributed by atoms with van der Waals surface area (Å²) in [7, 11) is 2.00. The van der Waals surface area contributed by atoms with Gasteiger partial charge in [0, 0.05) is 5.69 Å². The smallest absolute Gasteiger partial charge is 0.203 e. The number of nitrogens with zero attached hydrogens (tertiary/aromatic N) is 4. The summed E-state index contributed by atoms with van der Waals surface area (Å²) in [6.07, 6.45) is 1.75. The average Bonchev–Trinajstić information content (AvgIpc) is 3.07. The topological polar surface area (TPSA) is 39.1 Å². The van der Waals surface area contributed by atoms with Gasteiger partial charge in [0.15, 0.2) is 4.67 Å². The van der Waals surface area contributed by atoms with Crippen molar-refractivity contribution in [3.63, 3.8) is 0 Å². The molecule has 0 N–H and O–H groups in total. The van der Waals surface area contributed by atoms with Gasteiger partial charge in [-0.25, -0.2) is 4.68 Å². The number of benzene rings is 1. The Kier molecular flexibility index (Phi) is 4.56. The molecule has 0 fully saturated rings. The Morgan fingerprint density at radius 1 is 1.23 bits per heavy atom. The van der Waals surface area contributed by atoms with Gasteiger partial charge in [0.2, 0.25) is 4.77 Å². The molecule has 0 aliphatic carbocycles. The highest BCUT2D eigenvalue weighted by Crippen LogP contribution is 2.15. The molecule has 3 rings (SSSR count). The van der Waals surface area contributed by atoms with E-state index in [1.807, 2.05) is 54.1 Å². The van der Waals surface area contributed by atoms with Crippen LogP contribution in [0, 0.1) is 4.77 Å². The zero-order valence-electron chi connectivity index (χ0n) is 12.0. The van der Waals surface area contributed by atoms with Crippen molar-refractivity contribution in [2.45, 2.75) is 13.2 Å². The number of furan rings is 1. The van der Waals surface area contributed by atoms with Crippen LogP contribution in [0.1, 0.15) is 5.76 Å². The molecule has 0 aliphatic heterocycles. The zero-order chi connectivity index (χ0) is 15.5. The van der Waals surface area contributed by atoms with Gasteiger partial charge in [0.1, 0.15) is 12.1 Å². The van der Waals surface area contributed by atoms with Crippen molar-refractivity contribution >= 4 is 28.1 Å². The highest BCUT2D eigenvalue weighted by Gasteiger charge is 2.08. The molecular weight excluding hydrogens is 364 g/mol. The number of halogens is 1. The van der Waals surface area contributed by atoms with Gasteiger partial charge in [-0.1, -0.05) is 18.2 Å². The Bertz CT molecular complexity index is 808. The molecule has 22 heavy (non-hydrogen) atoms. The number of aromatic nitrogens is 3. The van der Waals surface area contributed by atoms with Crippen molar-refractivity contribution in [1.29, 1.82) is 0 Å². The second kappa shape index (κ2) is 6.60. The minimum Gasteiger partial charge on any atom is -0.453 e. The third-order valence-corrected chi connectivity index (χ3v) is 4.03. The molecule has 0 radical (unpaired) electrons. The maximum atomic E-state index is 5.51. The molecule has 0 bridgehead atoms. The molecule has 5 nitrogen and oxygen atoms in total. The van der Waals surface area contributed by atoms with Gasteiger partial charge >= 0.3 is 0 Å². The standard InChI is InChI=1S/C15H15BrN4OS/c1-18(9-13-7-8-14(16)21-13)11-20-15(22)19(10-17-20)12-5-3-2-4-6-12/h2-8,10H,9,11H2,1H3. The molecule has 2 aromatic heterocycles. The SMILES string of the molecule is CN(Cc1ccc(Br)o1)Cn1ncn(-c2ccccc2)c1=S. The fourth-order valence-electron chi connectivity index (χ4n) is 2.18. The molecule has 114 valence electrons. The second-order valence-electron chi connectivity index (χ2n) is 4.98. The normalized spacial score (nSPS) is 11.2. The summed E-state index contributed by atoms with van der Waals surface area (Å²) >= 11 is 8.81. The third-order valence-electron chi connectivity index (χ3n) is 3.20. The molecule has 7 heteroatoms. The van der Waals surface area contributed by atoms with Crippen LogP contribution < -0.4 is 0 Å². The van der Waals surface area contributed by atoms with Gasteiger partial charge in [-0.2, -0.15) is 5.10 Å². The minimum atomic E-state index is 0.594. The molecular formula is C15H15BrN4OS. The fourth-order valence-corrected chi connectivity index (χ4v) is 2.78. The van der Waals surface area contributed by atoms with E-state index in [0.717, 1.165) is 16.1 Å². The van der Waals surface area contributed by atoms with E-state index in [1.54, 1.807) is 11.0 Å². The summed E-state index contributed by atoms with van der Waals surface area (Å²) < 4.78 is 10.6. The van der Waals surface area contributed by atoms with Crippen LogP contribution in [0.2, 0.25) is 0 Å². The van der Waals surface area contributed by atoms with Crippen molar-refractivity contribution in [1.82, 2.24) is 19.2 Å². The predicted molar refractivity (Wildman–Crippen MR) is 90.3 cm³/mol. The Hall–Kier alpha value is -1.70. The Morgan fingerprint density at radius 2 is 2.00 bits per heavy atom. The first-order valence-corrected chi connectivity index (χ1v) is 7.96. The van der Waals surface area contributed by atoms with Crippen LogP contribution in [0.25, 0.3) is 5.69 Å². The van der Waals surface area contributed by atoms with Crippen LogP contribution in [0.4, 0.5) is 0 Å². The monoisotopic (exact) mass is 378 g/mol. The molecule has 0 spiro atoms. The van der Waals surface area contributed by atoms with Crippen molar-refractivity contribution in [3.8, 4) is 5.69 Å². The van der Waals surface area contributed by atoms with Gasteiger partial charge in [-0.15, -0.1) is 0 Å². The van der Waals surface area contributed by atoms with Gasteiger partial charge in [0.05, 0.1) is 13.2 Å². The van der Waals surface area contributed by atoms with Gasteiger partial charge < -0.3 is 4.42 Å². The van der Waals surface area contributed by atoms with Crippen LogP contribution in [0.15, 0.2) is 57.9 Å². The quantitative estimate of drug-likeness (QED) is 0.632. The molecule has 2 heterocycles. The number of hydrogen-bond donors (Lipinski definition) is 0. The van der Waals surface area contributed by atoms with Crippen LogP contribution in [-0.4, -0.2) is 26.3 Å². The largest absolute Gasteiger partial charge is 0.453 e. The van der Waals surface area contributed by atoms with E-state index >= 15 is 0 Å². The van der Waals surface area contributed by atoms with Crippen LogP contribution in [-0.2, 0) is 13.2 Å². The fraction of sp³-hybridized carbons (Fsp3) is 0.200. The Morgan fingerprint density at radius 3 is 2.68 bits per heavy atom. The average molecular weight is 379 g/mol. The Balaban J connectivity index is 1.73. The highest BCUT2D eigenvalue weighted by molar-refractivity contribution is 9.10. The van der Waals surface area contributed by atoms with E-state index in [0.29, 0.717) is 18.0 Å². The zero-order valence-corrected chi connectivity index (χ0v) is 14.4. The lowest BCUT2D eigenvalue weighted by atomic mass is 10.3. The molecule has 0 saturated carbocycles. The molecule has 0 atom stereocenters. The van der Waals surface area contributed by atoms with Crippen molar-refractivity contribution in [3.05, 3.63) is 64.0 Å². The van der Waals surface area contributed by atoms with E-state index in [-0.39, 0.29) is 0 Å². The van der Waals surface area contributed by atoms with Crippen molar-refractivity contribution < 1.29 is 4.42 Å². The molecule has 0 saturated heterocycles. The molecule has 3 aromatic rings. The van der Waals surface area contributed by atoms with Crippen LogP contribution in [0.3, 0.4) is 0 Å². The lowest BCUT2D eigenvalue weighted by molar-refractivity contribution is 0.224. The van der Waals surface area contributed by atoms with E-state index in [2.05, 4.69) is 25.9 Å². The lowest BCUT2D eigenvalue weighted by Gasteiger charge is -2.14. The third kappa shape index (κ3) is 3.37. The number of rotatable bonds is 5. The van der Waals surface area contributed by atoms with Crippen LogP contribution in [0.5, 0.6) is 0 Å². The first-order valence-electron chi connectivity index (χ1n) is 6.76. The van der Waals surface area contributed by atoms with E-state index in [9.17, 15) is 0 Å². The second-order valence-corrected chi connectivity index (χ2v) is 6.13. The summed E-state index contributed by atoms with van der Waals surface area (Å²) in [5.74, 6) is 0.892. The highest BCUT2D eigenvalue weighted by atomic mass is 79.9. The summed E-state index contributed by atoms with van der Waals surface area (Å²) in [4.78, 5) is 2.09. The maximum Gasteiger partial charge on any atom is 0.203 e. The first-order chi connectivity index (χ1) is 10.6. The first kappa shape index (κ1) is 15.2. The van der Waals surface area contributed by atoms with Gasteiger partial charge in [-0.05, 0) is 59.5 Å². The maximum absolute atomic E-state index is 5.51. The van der Waals surface area contributed by atoms with Crippen molar-refractivity contribution in [2.24, 2.45) is 0 Å². The molecule has 1 aromatic carbocycles. The summed E-state index contributed by atoms with van der Waals surface area (Å²) in [5, 5.41) is 4.37. The minimum absolute atomic E-state index is 0.594. The summed E-state index contributed by atoms with van der Waals surface area (Å²) in [6.45, 7) is 1.28. The summed E-state index contributed by atoms with van der Waals surface area (Å²) in [6, 6.07) is 13.8. The van der Waals surface area contributed by atoms with Gasteiger partial charge in [-0.3, -0.25) is 9.47 Å². The summed E-state index contributed by atoms with van der Waals surface area (Å²) in [5.41, 5.74) is 1.01. The lowest BCUT2D eigenvalue weighted by Crippen LogP contribution is -2.22. The van der Waals surface area contributed by atoms with E-state index < -0.39 is 0 Å². The van der Waals surface area contributed by atoms with Crippen molar-refractivity contribution in [2.75, 3.05) is 7.05 Å². The predicted octanol–water partition coefficient (Wildman–Crippen LogP) is 3.85. The molecule has 0 unspecified atom stereocenters. The Labute approximate surface area is 141 Å². The molecule has 0 amide bonds.